The minimum absolute atomic E-state index is 0.105. The monoisotopic (exact) mass is 341 g/mol. The molecule has 1 aliphatic rings. The van der Waals surface area contributed by atoms with Crippen molar-refractivity contribution in [1.82, 2.24) is 10.0 Å². The van der Waals surface area contributed by atoms with E-state index < -0.39 is 9.84 Å². The van der Waals surface area contributed by atoms with E-state index in [0.717, 1.165) is 5.69 Å². The van der Waals surface area contributed by atoms with Gasteiger partial charge in [-0.3, -0.25) is 5.01 Å². The van der Waals surface area contributed by atoms with Crippen LogP contribution in [0.5, 0.6) is 0 Å². The molecule has 1 N–H and O–H groups in total. The van der Waals surface area contributed by atoms with Crippen LogP contribution in [0.2, 0.25) is 0 Å². The Labute approximate surface area is 138 Å². The maximum Gasteiger partial charge on any atom is 0.188 e. The van der Waals surface area contributed by atoms with Crippen molar-refractivity contribution in [2.75, 3.05) is 30.9 Å². The first-order valence-corrected chi connectivity index (χ1v) is 9.48. The Morgan fingerprint density at radius 3 is 2.45 bits per heavy atom. The Kier molecular flexibility index (Phi) is 5.09. The molecule has 1 fully saturated rings. The summed E-state index contributed by atoms with van der Waals surface area (Å²) in [4.78, 5) is 0. The number of hydrogen-bond acceptors (Lipinski definition) is 4. The van der Waals surface area contributed by atoms with Crippen molar-refractivity contribution in [2.24, 2.45) is 0 Å². The lowest BCUT2D eigenvalue weighted by molar-refractivity contribution is 0.0757. The van der Waals surface area contributed by atoms with Gasteiger partial charge in [0.25, 0.3) is 0 Å². The second kappa shape index (κ2) is 6.52. The molecule has 1 heterocycles. The Morgan fingerprint density at radius 1 is 1.27 bits per heavy atom. The fourth-order valence-electron chi connectivity index (χ4n) is 2.64. The van der Waals surface area contributed by atoms with E-state index in [2.05, 4.69) is 19.2 Å². The number of aryl methyl sites for hydroxylation is 2. The van der Waals surface area contributed by atoms with Crippen molar-refractivity contribution >= 4 is 32.9 Å². The number of hydrazine groups is 1. The number of nitrogens with one attached hydrogen (secondary N) is 1. The van der Waals surface area contributed by atoms with Gasteiger partial charge in [0.2, 0.25) is 0 Å². The van der Waals surface area contributed by atoms with Gasteiger partial charge in [-0.25, -0.2) is 13.4 Å². The molecule has 0 aliphatic carbocycles. The highest BCUT2D eigenvalue weighted by Gasteiger charge is 2.34. The standard InChI is InChI=1S/C15H23N3O2S2/c1-11-5-6-13(9-12(11)2)16-15(21)18(17(3)4)14-7-8-22(19,20)10-14/h5-6,9,14H,7-8,10H2,1-4H3,(H,16,21)/t14-/m0/s1. The van der Waals surface area contributed by atoms with Gasteiger partial charge in [0, 0.05) is 19.8 Å². The number of rotatable bonds is 3. The average Bonchev–Trinajstić information content (AvgIpc) is 2.73. The van der Waals surface area contributed by atoms with Crippen LogP contribution in [-0.2, 0) is 9.84 Å². The highest BCUT2D eigenvalue weighted by Crippen LogP contribution is 2.21. The molecule has 0 saturated carbocycles. The van der Waals surface area contributed by atoms with E-state index in [9.17, 15) is 8.42 Å². The first kappa shape index (κ1) is 17.2. The predicted octanol–water partition coefficient (Wildman–Crippen LogP) is 1.97. The molecule has 0 bridgehead atoms. The molecule has 0 aromatic heterocycles. The van der Waals surface area contributed by atoms with Gasteiger partial charge in [0.1, 0.15) is 0 Å². The van der Waals surface area contributed by atoms with Gasteiger partial charge in [0.15, 0.2) is 14.9 Å². The molecule has 5 nitrogen and oxygen atoms in total. The van der Waals surface area contributed by atoms with Crippen LogP contribution < -0.4 is 5.32 Å². The average molecular weight is 342 g/mol. The molecular weight excluding hydrogens is 318 g/mol. The topological polar surface area (TPSA) is 52.7 Å². The summed E-state index contributed by atoms with van der Waals surface area (Å²) in [6.07, 6.45) is 0.606. The summed E-state index contributed by atoms with van der Waals surface area (Å²) in [6, 6.07) is 5.96. The van der Waals surface area contributed by atoms with E-state index in [4.69, 9.17) is 12.2 Å². The Morgan fingerprint density at radius 2 is 1.95 bits per heavy atom. The van der Waals surface area contributed by atoms with Crippen molar-refractivity contribution < 1.29 is 8.42 Å². The van der Waals surface area contributed by atoms with Crippen molar-refractivity contribution in [3.8, 4) is 0 Å². The SMILES string of the molecule is Cc1ccc(NC(=S)N([C@H]2CCS(=O)(=O)C2)N(C)C)cc1C. The van der Waals surface area contributed by atoms with E-state index in [0.29, 0.717) is 11.5 Å². The van der Waals surface area contributed by atoms with Crippen molar-refractivity contribution in [3.63, 3.8) is 0 Å². The van der Waals surface area contributed by atoms with E-state index in [1.165, 1.54) is 11.1 Å². The number of nitrogens with zero attached hydrogens (tertiary/aromatic N) is 2. The van der Waals surface area contributed by atoms with Gasteiger partial charge in [0.05, 0.1) is 17.5 Å². The lowest BCUT2D eigenvalue weighted by Crippen LogP contribution is -2.51. The third kappa shape index (κ3) is 3.97. The minimum atomic E-state index is -2.95. The van der Waals surface area contributed by atoms with Crippen molar-refractivity contribution in [2.45, 2.75) is 26.3 Å². The molecule has 1 aromatic rings. The van der Waals surface area contributed by atoms with E-state index in [1.54, 1.807) is 0 Å². The molecular formula is C15H23N3O2S2. The number of thiocarbonyl (C=S) groups is 1. The molecule has 0 spiro atoms. The lowest BCUT2D eigenvalue weighted by atomic mass is 10.1. The molecule has 1 aromatic carbocycles. The molecule has 1 saturated heterocycles. The van der Waals surface area contributed by atoms with E-state index in [-0.39, 0.29) is 17.5 Å². The lowest BCUT2D eigenvalue weighted by Gasteiger charge is -2.36. The predicted molar refractivity (Wildman–Crippen MR) is 94.7 cm³/mol. The second-order valence-corrected chi connectivity index (χ2v) is 8.59. The highest BCUT2D eigenvalue weighted by molar-refractivity contribution is 7.91. The number of sulfone groups is 1. The first-order valence-electron chi connectivity index (χ1n) is 7.25. The summed E-state index contributed by atoms with van der Waals surface area (Å²) < 4.78 is 23.4. The van der Waals surface area contributed by atoms with Crippen LogP contribution in [0, 0.1) is 13.8 Å². The third-order valence-corrected chi connectivity index (χ3v) is 5.99. The summed E-state index contributed by atoms with van der Waals surface area (Å²) in [5.74, 6) is 0.383. The zero-order chi connectivity index (χ0) is 16.5. The molecule has 122 valence electrons. The summed E-state index contributed by atoms with van der Waals surface area (Å²) in [7, 11) is 0.800. The van der Waals surface area contributed by atoms with Gasteiger partial charge >= 0.3 is 0 Å². The van der Waals surface area contributed by atoms with Crippen LogP contribution in [-0.4, -0.2) is 55.2 Å². The smallest absolute Gasteiger partial charge is 0.188 e. The van der Waals surface area contributed by atoms with Gasteiger partial charge in [-0.05, 0) is 55.7 Å². The molecule has 1 aliphatic heterocycles. The molecule has 0 amide bonds. The Hall–Kier alpha value is -1.18. The Balaban J connectivity index is 2.15. The molecule has 2 rings (SSSR count). The normalized spacial score (nSPS) is 20.1. The highest BCUT2D eigenvalue weighted by atomic mass is 32.2. The van der Waals surface area contributed by atoms with Crippen LogP contribution in [0.15, 0.2) is 18.2 Å². The summed E-state index contributed by atoms with van der Waals surface area (Å²) in [5.41, 5.74) is 3.33. The summed E-state index contributed by atoms with van der Waals surface area (Å²) in [6.45, 7) is 4.11. The molecule has 0 radical (unpaired) electrons. The fraction of sp³-hybridized carbons (Fsp3) is 0.533. The van der Waals surface area contributed by atoms with Crippen LogP contribution in [0.4, 0.5) is 5.69 Å². The summed E-state index contributed by atoms with van der Waals surface area (Å²) in [5, 5.41) is 7.45. The van der Waals surface area contributed by atoms with E-state index in [1.807, 2.05) is 42.3 Å². The zero-order valence-electron chi connectivity index (χ0n) is 13.5. The van der Waals surface area contributed by atoms with Crippen LogP contribution in [0.1, 0.15) is 17.5 Å². The van der Waals surface area contributed by atoms with Gasteiger partial charge in [-0.15, -0.1) is 0 Å². The van der Waals surface area contributed by atoms with Crippen LogP contribution in [0.3, 0.4) is 0 Å². The molecule has 7 heteroatoms. The number of benzene rings is 1. The Bertz CT molecular complexity index is 671. The number of anilines is 1. The largest absolute Gasteiger partial charge is 0.332 e. The quantitative estimate of drug-likeness (QED) is 0.670. The molecule has 1 atom stereocenters. The van der Waals surface area contributed by atoms with Gasteiger partial charge < -0.3 is 5.32 Å². The molecule has 22 heavy (non-hydrogen) atoms. The second-order valence-electron chi connectivity index (χ2n) is 5.98. The van der Waals surface area contributed by atoms with Crippen molar-refractivity contribution in [1.29, 1.82) is 0 Å². The van der Waals surface area contributed by atoms with E-state index >= 15 is 0 Å². The minimum Gasteiger partial charge on any atom is -0.332 e. The third-order valence-electron chi connectivity index (χ3n) is 3.95. The van der Waals surface area contributed by atoms with Gasteiger partial charge in [-0.2, -0.15) is 0 Å². The number of hydrogen-bond donors (Lipinski definition) is 1. The fourth-order valence-corrected chi connectivity index (χ4v) is 4.76. The van der Waals surface area contributed by atoms with Crippen LogP contribution in [0.25, 0.3) is 0 Å². The summed E-state index contributed by atoms with van der Waals surface area (Å²) >= 11 is 5.50. The maximum atomic E-state index is 11.7. The van der Waals surface area contributed by atoms with Crippen LogP contribution >= 0.6 is 12.2 Å². The first-order chi connectivity index (χ1) is 10.2. The zero-order valence-corrected chi connectivity index (χ0v) is 15.1. The molecule has 0 unspecified atom stereocenters. The van der Waals surface area contributed by atoms with Gasteiger partial charge in [-0.1, -0.05) is 6.07 Å². The van der Waals surface area contributed by atoms with Crippen molar-refractivity contribution in [3.05, 3.63) is 29.3 Å². The maximum absolute atomic E-state index is 11.7.